The zero-order chi connectivity index (χ0) is 23.4. The van der Waals surface area contributed by atoms with Gasteiger partial charge in [0, 0.05) is 37.0 Å². The van der Waals surface area contributed by atoms with Gasteiger partial charge in [-0.2, -0.15) is 0 Å². The third-order valence-electron chi connectivity index (χ3n) is 5.54. The van der Waals surface area contributed by atoms with E-state index in [1.165, 1.54) is 12.0 Å². The van der Waals surface area contributed by atoms with E-state index >= 15 is 0 Å². The van der Waals surface area contributed by atoms with Gasteiger partial charge in [0.25, 0.3) is 0 Å². The lowest BCUT2D eigenvalue weighted by atomic mass is 9.66. The van der Waals surface area contributed by atoms with Crippen LogP contribution in [0.1, 0.15) is 57.4 Å². The van der Waals surface area contributed by atoms with Crippen molar-refractivity contribution in [3.8, 4) is 0 Å². The Balaban J connectivity index is 0.000000512. The largest absolute Gasteiger partial charge is 0.478 e. The molecule has 7 nitrogen and oxygen atoms in total. The summed E-state index contributed by atoms with van der Waals surface area (Å²) in [6.45, 7) is 5.05. The number of carboxylic acid groups (broad SMARTS) is 2. The number of esters is 1. The lowest BCUT2D eigenvalue weighted by molar-refractivity contribution is -0.174. The van der Waals surface area contributed by atoms with E-state index in [4.69, 9.17) is 14.9 Å². The first kappa shape index (κ1) is 26.4. The first-order valence-corrected chi connectivity index (χ1v) is 10.7. The van der Waals surface area contributed by atoms with Crippen molar-refractivity contribution < 1.29 is 29.3 Å². The maximum atomic E-state index is 12.2. The molecule has 0 bridgehead atoms. The molecule has 3 atom stereocenters. The lowest BCUT2D eigenvalue weighted by Crippen LogP contribution is -2.51. The van der Waals surface area contributed by atoms with E-state index in [-0.39, 0.29) is 11.6 Å². The molecule has 0 saturated heterocycles. The first-order chi connectivity index (χ1) is 14.6. The molecule has 1 saturated carbocycles. The van der Waals surface area contributed by atoms with Crippen LogP contribution in [0.15, 0.2) is 42.5 Å². The SMILES string of the molecule is CCC(=O)OC1(C(C)CN(C)C)CCCCC1c1ccccc1.O=C(O)/C=C\C(=O)O. The van der Waals surface area contributed by atoms with Crippen molar-refractivity contribution in [2.24, 2.45) is 5.92 Å². The van der Waals surface area contributed by atoms with Gasteiger partial charge in [0.2, 0.25) is 0 Å². The molecule has 172 valence electrons. The van der Waals surface area contributed by atoms with Gasteiger partial charge >= 0.3 is 17.9 Å². The van der Waals surface area contributed by atoms with Crippen LogP contribution in [-0.4, -0.2) is 59.3 Å². The van der Waals surface area contributed by atoms with E-state index in [9.17, 15) is 14.4 Å². The number of hydrogen-bond donors (Lipinski definition) is 2. The molecule has 1 aliphatic rings. The van der Waals surface area contributed by atoms with Gasteiger partial charge in [0.15, 0.2) is 0 Å². The van der Waals surface area contributed by atoms with Gasteiger partial charge in [0.05, 0.1) is 0 Å². The van der Waals surface area contributed by atoms with Gasteiger partial charge in [-0.05, 0) is 38.9 Å². The minimum atomic E-state index is -1.26. The number of rotatable bonds is 8. The molecule has 0 aromatic heterocycles. The van der Waals surface area contributed by atoms with E-state index in [1.54, 1.807) is 0 Å². The Bertz CT molecular complexity index is 730. The smallest absolute Gasteiger partial charge is 0.328 e. The standard InChI is InChI=1S/C20H31NO2.C4H4O4/c1-5-19(22)23-20(16(2)15-21(3)4)14-10-9-13-18(20)17-11-7-6-8-12-17;5-3(6)1-2-4(7)8/h6-8,11-12,16,18H,5,9-10,13-15H2,1-4H3;1-2H,(H,5,6)(H,7,8)/b;2-1-. The second-order valence-corrected chi connectivity index (χ2v) is 8.16. The van der Waals surface area contributed by atoms with Crippen molar-refractivity contribution in [2.45, 2.75) is 57.5 Å². The molecule has 0 aliphatic heterocycles. The summed E-state index contributed by atoms with van der Waals surface area (Å²) in [5.74, 6) is -1.99. The fourth-order valence-corrected chi connectivity index (χ4v) is 4.24. The molecule has 0 spiro atoms. The molecule has 7 heteroatoms. The Kier molecular flexibility index (Phi) is 11.0. The van der Waals surface area contributed by atoms with Gasteiger partial charge < -0.3 is 19.8 Å². The highest BCUT2D eigenvalue weighted by Gasteiger charge is 2.48. The van der Waals surface area contributed by atoms with Crippen LogP contribution in [0.25, 0.3) is 0 Å². The molecule has 0 radical (unpaired) electrons. The van der Waals surface area contributed by atoms with Crippen LogP contribution in [0.5, 0.6) is 0 Å². The summed E-state index contributed by atoms with van der Waals surface area (Å²) in [5.41, 5.74) is 0.929. The normalized spacial score (nSPS) is 21.8. The predicted octanol–water partition coefficient (Wildman–Crippen LogP) is 3.95. The summed E-state index contributed by atoms with van der Waals surface area (Å²) >= 11 is 0. The first-order valence-electron chi connectivity index (χ1n) is 10.7. The van der Waals surface area contributed by atoms with Crippen molar-refractivity contribution in [2.75, 3.05) is 20.6 Å². The molecule has 2 rings (SSSR count). The van der Waals surface area contributed by atoms with Crippen LogP contribution in [0, 0.1) is 5.92 Å². The van der Waals surface area contributed by atoms with Gasteiger partial charge in [-0.15, -0.1) is 0 Å². The zero-order valence-electron chi connectivity index (χ0n) is 18.9. The maximum absolute atomic E-state index is 12.2. The molecular formula is C24H35NO6. The lowest BCUT2D eigenvalue weighted by Gasteiger charge is -2.48. The summed E-state index contributed by atoms with van der Waals surface area (Å²) in [6.07, 6.45) is 5.96. The minimum absolute atomic E-state index is 0.0709. The van der Waals surface area contributed by atoms with Crippen LogP contribution in [0.3, 0.4) is 0 Å². The second-order valence-electron chi connectivity index (χ2n) is 8.16. The van der Waals surface area contributed by atoms with Gasteiger partial charge in [-0.1, -0.05) is 50.6 Å². The molecule has 3 unspecified atom stereocenters. The van der Waals surface area contributed by atoms with Gasteiger partial charge in [-0.25, -0.2) is 9.59 Å². The maximum Gasteiger partial charge on any atom is 0.328 e. The average molecular weight is 434 g/mol. The van der Waals surface area contributed by atoms with E-state index in [2.05, 4.69) is 56.3 Å². The summed E-state index contributed by atoms with van der Waals surface area (Å²) in [4.78, 5) is 33.5. The summed E-state index contributed by atoms with van der Waals surface area (Å²) < 4.78 is 6.19. The van der Waals surface area contributed by atoms with Crippen molar-refractivity contribution in [1.29, 1.82) is 0 Å². The van der Waals surface area contributed by atoms with Crippen molar-refractivity contribution in [3.05, 3.63) is 48.0 Å². The van der Waals surface area contributed by atoms with Crippen LogP contribution >= 0.6 is 0 Å². The monoisotopic (exact) mass is 433 g/mol. The number of nitrogens with zero attached hydrogens (tertiary/aromatic N) is 1. The number of hydrogen-bond acceptors (Lipinski definition) is 5. The molecule has 1 aromatic carbocycles. The minimum Gasteiger partial charge on any atom is -0.478 e. The summed E-state index contributed by atoms with van der Waals surface area (Å²) in [7, 11) is 4.18. The average Bonchev–Trinajstić information content (AvgIpc) is 2.73. The zero-order valence-corrected chi connectivity index (χ0v) is 18.9. The number of carbonyl (C=O) groups excluding carboxylic acids is 1. The predicted molar refractivity (Wildman–Crippen MR) is 119 cm³/mol. The Hall–Kier alpha value is -2.67. The van der Waals surface area contributed by atoms with Crippen LogP contribution < -0.4 is 0 Å². The fraction of sp³-hybridized carbons (Fsp3) is 0.542. The third-order valence-corrected chi connectivity index (χ3v) is 5.54. The second kappa shape index (κ2) is 12.9. The molecule has 1 fully saturated rings. The quantitative estimate of drug-likeness (QED) is 0.472. The van der Waals surface area contributed by atoms with E-state index in [1.807, 2.05) is 6.92 Å². The molecule has 2 N–H and O–H groups in total. The van der Waals surface area contributed by atoms with Crippen LogP contribution in [0.2, 0.25) is 0 Å². The number of benzene rings is 1. The van der Waals surface area contributed by atoms with Gasteiger partial charge in [-0.3, -0.25) is 4.79 Å². The van der Waals surface area contributed by atoms with Crippen molar-refractivity contribution in [3.63, 3.8) is 0 Å². The van der Waals surface area contributed by atoms with E-state index < -0.39 is 11.9 Å². The third kappa shape index (κ3) is 8.53. The summed E-state index contributed by atoms with van der Waals surface area (Å²) in [6, 6.07) is 10.6. The number of ether oxygens (including phenoxy) is 1. The Labute approximate surface area is 184 Å². The highest BCUT2D eigenvalue weighted by Crippen LogP contribution is 2.48. The van der Waals surface area contributed by atoms with Crippen LogP contribution in [0.4, 0.5) is 0 Å². The number of aliphatic carboxylic acids is 2. The molecule has 0 amide bonds. The van der Waals surface area contributed by atoms with Gasteiger partial charge in [0.1, 0.15) is 5.60 Å². The van der Waals surface area contributed by atoms with Crippen LogP contribution in [-0.2, 0) is 19.1 Å². The van der Waals surface area contributed by atoms with E-state index in [0.717, 1.165) is 25.8 Å². The number of carbonyl (C=O) groups is 3. The molecule has 1 aliphatic carbocycles. The Morgan fingerprint density at radius 2 is 1.71 bits per heavy atom. The number of carboxylic acids is 2. The molecular weight excluding hydrogens is 398 g/mol. The van der Waals surface area contributed by atoms with Crippen molar-refractivity contribution >= 4 is 17.9 Å². The van der Waals surface area contributed by atoms with Crippen molar-refractivity contribution in [1.82, 2.24) is 4.90 Å². The molecule has 31 heavy (non-hydrogen) atoms. The summed E-state index contributed by atoms with van der Waals surface area (Å²) in [5, 5.41) is 15.6. The molecule has 0 heterocycles. The van der Waals surface area contributed by atoms with E-state index in [0.29, 0.717) is 30.4 Å². The Morgan fingerprint density at radius 3 is 2.19 bits per heavy atom. The fourth-order valence-electron chi connectivity index (χ4n) is 4.24. The topological polar surface area (TPSA) is 104 Å². The highest BCUT2D eigenvalue weighted by atomic mass is 16.6. The highest BCUT2D eigenvalue weighted by molar-refractivity contribution is 5.89. The molecule has 1 aromatic rings. The Morgan fingerprint density at radius 1 is 1.13 bits per heavy atom.